The number of carbonyl (C=O) groups excluding carboxylic acids is 2. The number of ether oxygens (including phenoxy) is 3. The molecule has 0 N–H and O–H groups in total. The third-order valence-electron chi connectivity index (χ3n) is 5.77. The summed E-state index contributed by atoms with van der Waals surface area (Å²) < 4.78 is 17.8. The molecule has 0 spiro atoms. The zero-order valence-electron chi connectivity index (χ0n) is 19.4. The van der Waals surface area contributed by atoms with E-state index in [0.717, 1.165) is 15.6 Å². The minimum atomic E-state index is -0.375. The Morgan fingerprint density at radius 2 is 1.86 bits per heavy atom. The molecule has 1 fully saturated rings. The first kappa shape index (κ1) is 25.1. The van der Waals surface area contributed by atoms with Crippen LogP contribution in [0.1, 0.15) is 36.6 Å². The highest BCUT2D eigenvalue weighted by molar-refractivity contribution is 9.10. The average molecular weight is 559 g/mol. The van der Waals surface area contributed by atoms with Crippen LogP contribution in [0.4, 0.5) is 4.79 Å². The summed E-state index contributed by atoms with van der Waals surface area (Å²) in [6.45, 7) is 4.34. The topological polar surface area (TPSA) is 65.1 Å². The Balaban J connectivity index is 1.55. The highest BCUT2D eigenvalue weighted by Gasteiger charge is 2.39. The van der Waals surface area contributed by atoms with Gasteiger partial charge in [0.05, 0.1) is 25.6 Å². The molecule has 8 heteroatoms. The van der Waals surface area contributed by atoms with Crippen molar-refractivity contribution in [1.82, 2.24) is 4.90 Å². The molecule has 3 aromatic carbocycles. The van der Waals surface area contributed by atoms with E-state index in [1.54, 1.807) is 30.0 Å². The van der Waals surface area contributed by atoms with Crippen molar-refractivity contribution >= 4 is 39.6 Å². The molecule has 35 heavy (non-hydrogen) atoms. The Hall–Kier alpha value is -3.03. The lowest BCUT2D eigenvalue weighted by Crippen LogP contribution is -2.31. The second-order valence-corrected chi connectivity index (χ2v) is 9.50. The van der Waals surface area contributed by atoms with Crippen molar-refractivity contribution in [2.75, 3.05) is 6.61 Å². The van der Waals surface area contributed by atoms with Gasteiger partial charge in [0.2, 0.25) is 0 Å². The van der Waals surface area contributed by atoms with E-state index in [4.69, 9.17) is 25.8 Å². The van der Waals surface area contributed by atoms with Gasteiger partial charge in [-0.15, -0.1) is 0 Å². The van der Waals surface area contributed by atoms with Crippen LogP contribution < -0.4 is 4.74 Å². The second kappa shape index (κ2) is 11.1. The van der Waals surface area contributed by atoms with Gasteiger partial charge in [-0.1, -0.05) is 57.9 Å². The Kier molecular flexibility index (Phi) is 7.98. The maximum absolute atomic E-state index is 12.8. The molecule has 0 saturated carbocycles. The number of hydrogen-bond acceptors (Lipinski definition) is 5. The Morgan fingerprint density at radius 3 is 2.60 bits per heavy atom. The van der Waals surface area contributed by atoms with Crippen LogP contribution in [0, 0.1) is 0 Å². The summed E-state index contributed by atoms with van der Waals surface area (Å²) in [5.74, 6) is 0.752. The average Bonchev–Trinajstić information content (AvgIpc) is 3.12. The van der Waals surface area contributed by atoms with Crippen molar-refractivity contribution in [3.63, 3.8) is 0 Å². The number of halogens is 2. The van der Waals surface area contributed by atoms with Crippen LogP contribution in [0.15, 0.2) is 71.2 Å². The molecule has 0 bridgehead atoms. The van der Waals surface area contributed by atoms with Crippen LogP contribution in [-0.2, 0) is 27.2 Å². The van der Waals surface area contributed by atoms with E-state index in [0.29, 0.717) is 35.2 Å². The highest BCUT2D eigenvalue weighted by atomic mass is 79.9. The summed E-state index contributed by atoms with van der Waals surface area (Å²) in [6, 6.07) is 20.3. The standard InChI is InChI=1S/C27H25BrClNO5/c1-3-33-25(31)15-19-14-22(10-11-23(19)29)34-24-12-9-21(28)13-20(24)16-30-17(2)26(35-27(30)32)18-7-5-4-6-8-18/h4-14,17,26H,3,15-16H2,1-2H3. The van der Waals surface area contributed by atoms with Crippen molar-refractivity contribution in [3.05, 3.63) is 92.9 Å². The lowest BCUT2D eigenvalue weighted by Gasteiger charge is -2.22. The molecule has 4 rings (SSSR count). The van der Waals surface area contributed by atoms with Gasteiger partial charge < -0.3 is 14.2 Å². The molecule has 182 valence electrons. The normalized spacial score (nSPS) is 17.3. The SMILES string of the molecule is CCOC(=O)Cc1cc(Oc2ccc(Br)cc2CN2C(=O)OC(c3ccccc3)C2C)ccc1Cl. The quantitative estimate of drug-likeness (QED) is 0.276. The zero-order valence-corrected chi connectivity index (χ0v) is 21.7. The first-order valence-electron chi connectivity index (χ1n) is 11.3. The Morgan fingerprint density at radius 1 is 1.09 bits per heavy atom. The largest absolute Gasteiger partial charge is 0.466 e. The minimum absolute atomic E-state index is 0.0507. The smallest absolute Gasteiger partial charge is 0.411 e. The fraction of sp³-hybridized carbons (Fsp3) is 0.259. The fourth-order valence-corrected chi connectivity index (χ4v) is 4.59. The number of hydrogen-bond donors (Lipinski definition) is 0. The summed E-state index contributed by atoms with van der Waals surface area (Å²) in [5, 5.41) is 0.460. The number of esters is 1. The summed E-state index contributed by atoms with van der Waals surface area (Å²) in [7, 11) is 0. The monoisotopic (exact) mass is 557 g/mol. The van der Waals surface area contributed by atoms with Gasteiger partial charge in [-0.2, -0.15) is 0 Å². The van der Waals surface area contributed by atoms with Gasteiger partial charge in [-0.25, -0.2) is 4.79 Å². The second-order valence-electron chi connectivity index (χ2n) is 8.17. The molecule has 1 aliphatic rings. The molecule has 3 aromatic rings. The first-order chi connectivity index (χ1) is 16.9. The van der Waals surface area contributed by atoms with Crippen molar-refractivity contribution in [2.45, 2.75) is 39.0 Å². The van der Waals surface area contributed by atoms with Crippen molar-refractivity contribution in [1.29, 1.82) is 0 Å². The third kappa shape index (κ3) is 5.97. The van der Waals surface area contributed by atoms with E-state index in [1.807, 2.05) is 55.5 Å². The lowest BCUT2D eigenvalue weighted by atomic mass is 10.0. The maximum atomic E-state index is 12.8. The van der Waals surface area contributed by atoms with Crippen LogP contribution in [-0.4, -0.2) is 29.6 Å². The van der Waals surface area contributed by atoms with E-state index >= 15 is 0 Å². The van der Waals surface area contributed by atoms with E-state index in [1.165, 1.54) is 0 Å². The first-order valence-corrected chi connectivity index (χ1v) is 12.4. The Bertz CT molecular complexity index is 1220. The minimum Gasteiger partial charge on any atom is -0.466 e. The summed E-state index contributed by atoms with van der Waals surface area (Å²) in [6.07, 6.45) is -0.669. The molecule has 0 radical (unpaired) electrons. The van der Waals surface area contributed by atoms with Crippen LogP contribution >= 0.6 is 27.5 Å². The highest BCUT2D eigenvalue weighted by Crippen LogP contribution is 2.36. The summed E-state index contributed by atoms with van der Waals surface area (Å²) in [5.41, 5.74) is 2.37. The third-order valence-corrected chi connectivity index (χ3v) is 6.63. The van der Waals surface area contributed by atoms with Gasteiger partial charge >= 0.3 is 12.1 Å². The molecule has 1 aliphatic heterocycles. The van der Waals surface area contributed by atoms with E-state index in [2.05, 4.69) is 15.9 Å². The number of rotatable bonds is 8. The molecule has 1 heterocycles. The van der Waals surface area contributed by atoms with E-state index in [-0.39, 0.29) is 30.6 Å². The number of nitrogens with zero attached hydrogens (tertiary/aromatic N) is 1. The van der Waals surface area contributed by atoms with Crippen LogP contribution in [0.2, 0.25) is 5.02 Å². The molecular formula is C27H25BrClNO5. The van der Waals surface area contributed by atoms with Gasteiger partial charge in [0, 0.05) is 15.1 Å². The molecule has 2 unspecified atom stereocenters. The number of cyclic esters (lactones) is 1. The van der Waals surface area contributed by atoms with Crippen LogP contribution in [0.25, 0.3) is 0 Å². The van der Waals surface area contributed by atoms with E-state index in [9.17, 15) is 9.59 Å². The summed E-state index contributed by atoms with van der Waals surface area (Å²) >= 11 is 9.79. The Labute approximate surface area is 217 Å². The molecular weight excluding hydrogens is 534 g/mol. The lowest BCUT2D eigenvalue weighted by molar-refractivity contribution is -0.142. The van der Waals surface area contributed by atoms with Gasteiger partial charge in [0.25, 0.3) is 0 Å². The summed E-state index contributed by atoms with van der Waals surface area (Å²) in [4.78, 5) is 26.4. The zero-order chi connectivity index (χ0) is 24.9. The number of amides is 1. The van der Waals surface area contributed by atoms with Gasteiger partial charge in [0.1, 0.15) is 17.6 Å². The molecule has 0 aromatic heterocycles. The molecule has 1 amide bonds. The van der Waals surface area contributed by atoms with Crippen molar-refractivity contribution in [2.24, 2.45) is 0 Å². The van der Waals surface area contributed by atoms with Gasteiger partial charge in [0.15, 0.2) is 0 Å². The van der Waals surface area contributed by atoms with Crippen LogP contribution in [0.3, 0.4) is 0 Å². The van der Waals surface area contributed by atoms with Gasteiger partial charge in [-0.3, -0.25) is 9.69 Å². The number of carbonyl (C=O) groups is 2. The molecule has 6 nitrogen and oxygen atoms in total. The van der Waals surface area contributed by atoms with Gasteiger partial charge in [-0.05, 0) is 61.4 Å². The molecule has 2 atom stereocenters. The fourth-order valence-electron chi connectivity index (χ4n) is 4.00. The van der Waals surface area contributed by atoms with Crippen molar-refractivity contribution in [3.8, 4) is 11.5 Å². The molecule has 1 saturated heterocycles. The van der Waals surface area contributed by atoms with Crippen LogP contribution in [0.5, 0.6) is 11.5 Å². The van der Waals surface area contributed by atoms with Crippen molar-refractivity contribution < 1.29 is 23.8 Å². The maximum Gasteiger partial charge on any atom is 0.411 e. The predicted octanol–water partition coefficient (Wildman–Crippen LogP) is 7.08. The predicted molar refractivity (Wildman–Crippen MR) is 137 cm³/mol. The number of benzene rings is 3. The van der Waals surface area contributed by atoms with E-state index < -0.39 is 0 Å². The molecule has 0 aliphatic carbocycles.